The van der Waals surface area contributed by atoms with E-state index in [2.05, 4.69) is 80.1 Å². The first-order valence-electron chi connectivity index (χ1n) is 5.82. The average molecular weight is 227 g/mol. The van der Waals surface area contributed by atoms with Gasteiger partial charge < -0.3 is 4.90 Å². The fraction of sp³-hybridized carbons (Fsp3) is 0.267. The van der Waals surface area contributed by atoms with E-state index in [-0.39, 0.29) is 0 Å². The first kappa shape index (κ1) is 11.6. The smallest absolute Gasteiger partial charge is 0.212 e. The molecule has 2 heteroatoms. The predicted molar refractivity (Wildman–Crippen MR) is 72.1 cm³/mol. The number of hydrogen-bond acceptors (Lipinski definition) is 1. The SMILES string of the molecule is Cc1ccccc1-c1ccc(N(C)C)c[n+]1C. The molecular formula is C15H19N2+. The monoisotopic (exact) mass is 227 g/mol. The lowest BCUT2D eigenvalue weighted by molar-refractivity contribution is -0.659. The van der Waals surface area contributed by atoms with Gasteiger partial charge in [-0.3, -0.25) is 0 Å². The summed E-state index contributed by atoms with van der Waals surface area (Å²) < 4.78 is 2.18. The Balaban J connectivity index is 2.51. The third-order valence-electron chi connectivity index (χ3n) is 3.06. The molecule has 0 saturated heterocycles. The van der Waals surface area contributed by atoms with E-state index in [0.29, 0.717) is 0 Å². The van der Waals surface area contributed by atoms with Crippen molar-refractivity contribution in [1.29, 1.82) is 0 Å². The maximum absolute atomic E-state index is 2.18. The van der Waals surface area contributed by atoms with Crippen molar-refractivity contribution in [3.63, 3.8) is 0 Å². The summed E-state index contributed by atoms with van der Waals surface area (Å²) in [5.74, 6) is 0. The van der Waals surface area contributed by atoms with Gasteiger partial charge in [-0.05, 0) is 24.6 Å². The third-order valence-corrected chi connectivity index (χ3v) is 3.06. The number of hydrogen-bond donors (Lipinski definition) is 0. The second kappa shape index (κ2) is 4.58. The van der Waals surface area contributed by atoms with Crippen molar-refractivity contribution in [2.45, 2.75) is 6.92 Å². The Morgan fingerprint density at radius 1 is 1.00 bits per heavy atom. The maximum Gasteiger partial charge on any atom is 0.212 e. The van der Waals surface area contributed by atoms with Gasteiger partial charge in [0.05, 0.1) is 0 Å². The topological polar surface area (TPSA) is 7.12 Å². The van der Waals surface area contributed by atoms with Crippen molar-refractivity contribution in [3.8, 4) is 11.3 Å². The third kappa shape index (κ3) is 2.31. The lowest BCUT2D eigenvalue weighted by Gasteiger charge is -2.11. The minimum Gasteiger partial charge on any atom is -0.373 e. The number of aryl methyl sites for hydroxylation is 2. The van der Waals surface area contributed by atoms with E-state index in [1.165, 1.54) is 22.5 Å². The van der Waals surface area contributed by atoms with Gasteiger partial charge >= 0.3 is 0 Å². The van der Waals surface area contributed by atoms with Crippen LogP contribution in [0.1, 0.15) is 5.56 Å². The maximum atomic E-state index is 2.18. The van der Waals surface area contributed by atoms with Gasteiger partial charge in [0.1, 0.15) is 12.7 Å². The molecule has 1 aromatic heterocycles. The molecule has 0 saturated carbocycles. The first-order chi connectivity index (χ1) is 8.09. The van der Waals surface area contributed by atoms with Crippen molar-refractivity contribution in [1.82, 2.24) is 0 Å². The molecule has 2 nitrogen and oxygen atoms in total. The molecule has 0 fully saturated rings. The summed E-state index contributed by atoms with van der Waals surface area (Å²) in [5.41, 5.74) is 5.06. The van der Waals surface area contributed by atoms with Gasteiger partial charge in [0.15, 0.2) is 6.20 Å². The Morgan fingerprint density at radius 3 is 2.29 bits per heavy atom. The highest BCUT2D eigenvalue weighted by Crippen LogP contribution is 2.21. The van der Waals surface area contributed by atoms with Gasteiger partial charge in [-0.2, -0.15) is 4.57 Å². The minimum absolute atomic E-state index is 1.21. The molecular weight excluding hydrogens is 208 g/mol. The summed E-state index contributed by atoms with van der Waals surface area (Å²) in [5, 5.41) is 0. The molecule has 1 heterocycles. The Labute approximate surface area is 103 Å². The standard InChI is InChI=1S/C15H19N2/c1-12-7-5-6-8-14(12)15-10-9-13(16(2)3)11-17(15)4/h5-11H,1-4H3/q+1. The molecule has 88 valence electrons. The average Bonchev–Trinajstić information content (AvgIpc) is 2.30. The number of nitrogens with zero attached hydrogens (tertiary/aromatic N) is 2. The Hall–Kier alpha value is -1.83. The summed E-state index contributed by atoms with van der Waals surface area (Å²) >= 11 is 0. The molecule has 2 rings (SSSR count). The van der Waals surface area contributed by atoms with Gasteiger partial charge in [-0.1, -0.05) is 18.2 Å². The van der Waals surface area contributed by atoms with Crippen LogP contribution in [0.3, 0.4) is 0 Å². The van der Waals surface area contributed by atoms with E-state index >= 15 is 0 Å². The number of anilines is 1. The molecule has 0 radical (unpaired) electrons. The van der Waals surface area contributed by atoms with Crippen LogP contribution in [0.15, 0.2) is 42.6 Å². The Morgan fingerprint density at radius 2 is 1.71 bits per heavy atom. The van der Waals surface area contributed by atoms with Gasteiger partial charge in [0.25, 0.3) is 0 Å². The Bertz CT molecular complexity index is 530. The highest BCUT2D eigenvalue weighted by molar-refractivity contribution is 5.61. The largest absolute Gasteiger partial charge is 0.373 e. The first-order valence-corrected chi connectivity index (χ1v) is 5.82. The van der Waals surface area contributed by atoms with Gasteiger partial charge in [-0.15, -0.1) is 0 Å². The van der Waals surface area contributed by atoms with Gasteiger partial charge in [0.2, 0.25) is 5.69 Å². The van der Waals surface area contributed by atoms with E-state index in [4.69, 9.17) is 0 Å². The Kier molecular flexibility index (Phi) is 3.14. The van der Waals surface area contributed by atoms with E-state index < -0.39 is 0 Å². The highest BCUT2D eigenvalue weighted by atomic mass is 15.1. The van der Waals surface area contributed by atoms with E-state index in [0.717, 1.165) is 0 Å². The number of aromatic nitrogens is 1. The summed E-state index contributed by atoms with van der Waals surface area (Å²) in [7, 11) is 6.21. The summed E-state index contributed by atoms with van der Waals surface area (Å²) in [6, 6.07) is 12.8. The number of pyridine rings is 1. The van der Waals surface area contributed by atoms with Crippen LogP contribution in [0, 0.1) is 6.92 Å². The fourth-order valence-corrected chi connectivity index (χ4v) is 2.00. The molecule has 1 aromatic carbocycles. The van der Waals surface area contributed by atoms with E-state index in [1.54, 1.807) is 0 Å². The minimum atomic E-state index is 1.21. The summed E-state index contributed by atoms with van der Waals surface area (Å²) in [6.45, 7) is 2.15. The van der Waals surface area contributed by atoms with E-state index in [1.807, 2.05) is 0 Å². The molecule has 0 aliphatic carbocycles. The second-order valence-electron chi connectivity index (χ2n) is 4.59. The molecule has 0 N–H and O–H groups in total. The quantitative estimate of drug-likeness (QED) is 0.715. The normalized spacial score (nSPS) is 10.4. The van der Waals surface area contributed by atoms with Crippen LogP contribution in [0.25, 0.3) is 11.3 Å². The van der Waals surface area contributed by atoms with Gasteiger partial charge in [-0.25, -0.2) is 0 Å². The van der Waals surface area contributed by atoms with Crippen LogP contribution < -0.4 is 9.47 Å². The summed E-state index contributed by atoms with van der Waals surface area (Å²) in [4.78, 5) is 2.11. The fourth-order valence-electron chi connectivity index (χ4n) is 2.00. The number of rotatable bonds is 2. The molecule has 0 spiro atoms. The zero-order valence-electron chi connectivity index (χ0n) is 10.9. The van der Waals surface area contributed by atoms with Crippen LogP contribution in [0.2, 0.25) is 0 Å². The number of benzene rings is 1. The molecule has 0 unspecified atom stereocenters. The van der Waals surface area contributed by atoms with Crippen molar-refractivity contribution >= 4 is 5.69 Å². The van der Waals surface area contributed by atoms with Crippen molar-refractivity contribution in [2.75, 3.05) is 19.0 Å². The van der Waals surface area contributed by atoms with Crippen LogP contribution in [-0.4, -0.2) is 14.1 Å². The lowest BCUT2D eigenvalue weighted by atomic mass is 10.0. The molecule has 0 atom stereocenters. The summed E-state index contributed by atoms with van der Waals surface area (Å²) in [6.07, 6.45) is 2.15. The molecule has 0 amide bonds. The van der Waals surface area contributed by atoms with Crippen LogP contribution in [-0.2, 0) is 7.05 Å². The predicted octanol–water partition coefficient (Wildman–Crippen LogP) is 2.55. The zero-order valence-corrected chi connectivity index (χ0v) is 10.9. The molecule has 17 heavy (non-hydrogen) atoms. The van der Waals surface area contributed by atoms with Gasteiger partial charge in [0, 0.05) is 25.7 Å². The van der Waals surface area contributed by atoms with Crippen LogP contribution >= 0.6 is 0 Å². The van der Waals surface area contributed by atoms with Crippen LogP contribution in [0.5, 0.6) is 0 Å². The van der Waals surface area contributed by atoms with E-state index in [9.17, 15) is 0 Å². The van der Waals surface area contributed by atoms with Crippen molar-refractivity contribution in [2.24, 2.45) is 7.05 Å². The van der Waals surface area contributed by atoms with Crippen molar-refractivity contribution < 1.29 is 4.57 Å². The zero-order chi connectivity index (χ0) is 12.4. The molecule has 2 aromatic rings. The molecule has 0 aliphatic rings. The highest BCUT2D eigenvalue weighted by Gasteiger charge is 2.12. The second-order valence-corrected chi connectivity index (χ2v) is 4.59. The molecule has 0 bridgehead atoms. The lowest BCUT2D eigenvalue weighted by Crippen LogP contribution is -2.32. The van der Waals surface area contributed by atoms with Crippen molar-refractivity contribution in [3.05, 3.63) is 48.2 Å². The molecule has 0 aliphatic heterocycles. The van der Waals surface area contributed by atoms with Crippen LogP contribution in [0.4, 0.5) is 5.69 Å².